The third kappa shape index (κ3) is 4.55. The van der Waals surface area contributed by atoms with E-state index in [4.69, 9.17) is 13.9 Å². The van der Waals surface area contributed by atoms with Crippen LogP contribution in [0.25, 0.3) is 0 Å². The van der Waals surface area contributed by atoms with E-state index in [0.717, 1.165) is 49.1 Å². The zero-order chi connectivity index (χ0) is 20.4. The van der Waals surface area contributed by atoms with Gasteiger partial charge >= 0.3 is 0 Å². The highest BCUT2D eigenvalue weighted by atomic mass is 32.2. The predicted molar refractivity (Wildman–Crippen MR) is 112 cm³/mol. The van der Waals surface area contributed by atoms with Crippen molar-refractivity contribution in [2.45, 2.75) is 70.1 Å². The van der Waals surface area contributed by atoms with E-state index in [1.807, 2.05) is 32.9 Å². The number of nitrogens with zero attached hydrogens (tertiary/aromatic N) is 1. The lowest BCUT2D eigenvalue weighted by Gasteiger charge is -2.37. The SMILES string of the molecule is COC1CCC2(CC1)Cc1ccc(OCCCF)cc1C2=N[S+]([O-])C(C)(C)C. The molecular formula is C22H32FNO3S. The van der Waals surface area contributed by atoms with Crippen molar-refractivity contribution >= 4 is 17.1 Å². The lowest BCUT2D eigenvalue weighted by atomic mass is 9.70. The summed E-state index contributed by atoms with van der Waals surface area (Å²) in [6.07, 6.45) is 5.55. The first-order valence-corrected chi connectivity index (χ1v) is 11.3. The average Bonchev–Trinajstić information content (AvgIpc) is 2.94. The second kappa shape index (κ2) is 8.72. The maximum atomic E-state index is 12.9. The van der Waals surface area contributed by atoms with Crippen LogP contribution < -0.4 is 4.74 Å². The van der Waals surface area contributed by atoms with Gasteiger partial charge in [-0.15, -0.1) is 0 Å². The van der Waals surface area contributed by atoms with Crippen molar-refractivity contribution in [2.75, 3.05) is 20.4 Å². The number of rotatable bonds is 6. The van der Waals surface area contributed by atoms with Crippen LogP contribution in [0.4, 0.5) is 4.39 Å². The fraction of sp³-hybridized carbons (Fsp3) is 0.682. The van der Waals surface area contributed by atoms with E-state index in [1.165, 1.54) is 5.56 Å². The Morgan fingerprint density at radius 1 is 1.29 bits per heavy atom. The van der Waals surface area contributed by atoms with E-state index in [9.17, 15) is 8.94 Å². The van der Waals surface area contributed by atoms with Gasteiger partial charge in [-0.2, -0.15) is 0 Å². The predicted octanol–water partition coefficient (Wildman–Crippen LogP) is 4.81. The molecule has 6 heteroatoms. The van der Waals surface area contributed by atoms with E-state index in [1.54, 1.807) is 7.11 Å². The average molecular weight is 410 g/mol. The summed E-state index contributed by atoms with van der Waals surface area (Å²) in [7, 11) is 1.77. The van der Waals surface area contributed by atoms with Crippen LogP contribution in [-0.4, -0.2) is 41.5 Å². The summed E-state index contributed by atoms with van der Waals surface area (Å²) in [5.74, 6) is 0.726. The molecule has 0 N–H and O–H groups in total. The summed E-state index contributed by atoms with van der Waals surface area (Å²) >= 11 is -1.32. The van der Waals surface area contributed by atoms with E-state index >= 15 is 0 Å². The van der Waals surface area contributed by atoms with E-state index < -0.39 is 16.1 Å². The zero-order valence-electron chi connectivity index (χ0n) is 17.4. The highest BCUT2D eigenvalue weighted by Crippen LogP contribution is 2.49. The van der Waals surface area contributed by atoms with Crippen molar-refractivity contribution in [1.29, 1.82) is 0 Å². The van der Waals surface area contributed by atoms with Gasteiger partial charge in [-0.1, -0.05) is 10.5 Å². The molecule has 28 heavy (non-hydrogen) atoms. The molecule has 2 aliphatic rings. The summed E-state index contributed by atoms with van der Waals surface area (Å²) in [4.78, 5) is 0. The van der Waals surface area contributed by atoms with Crippen molar-refractivity contribution < 1.29 is 18.4 Å². The van der Waals surface area contributed by atoms with Crippen LogP contribution in [-0.2, 0) is 22.5 Å². The van der Waals surface area contributed by atoms with Gasteiger partial charge in [-0.05, 0) is 70.6 Å². The molecule has 1 spiro atoms. The fourth-order valence-electron chi connectivity index (χ4n) is 4.16. The van der Waals surface area contributed by atoms with Crippen LogP contribution in [0.5, 0.6) is 5.75 Å². The number of halogens is 1. The van der Waals surface area contributed by atoms with E-state index in [-0.39, 0.29) is 12.1 Å². The Bertz CT molecular complexity index is 708. The maximum Gasteiger partial charge on any atom is 0.144 e. The zero-order valence-corrected chi connectivity index (χ0v) is 18.2. The van der Waals surface area contributed by atoms with E-state index in [0.29, 0.717) is 19.1 Å². The molecule has 0 amide bonds. The third-order valence-electron chi connectivity index (χ3n) is 5.84. The third-order valence-corrected chi connectivity index (χ3v) is 7.23. The Morgan fingerprint density at radius 3 is 2.61 bits per heavy atom. The summed E-state index contributed by atoms with van der Waals surface area (Å²) in [6.45, 7) is 5.83. The second-order valence-corrected chi connectivity index (χ2v) is 10.8. The molecule has 156 valence electrons. The molecule has 1 aromatic rings. The Hall–Kier alpha value is -1.11. The van der Waals surface area contributed by atoms with Crippen molar-refractivity contribution in [3.8, 4) is 5.75 Å². The highest BCUT2D eigenvalue weighted by molar-refractivity contribution is 7.91. The first kappa shape index (κ1) is 21.6. The molecule has 1 saturated carbocycles. The van der Waals surface area contributed by atoms with Gasteiger partial charge in [0.2, 0.25) is 0 Å². The largest absolute Gasteiger partial charge is 0.591 e. The molecule has 4 nitrogen and oxygen atoms in total. The van der Waals surface area contributed by atoms with Crippen molar-refractivity contribution in [3.63, 3.8) is 0 Å². The number of alkyl halides is 1. The molecule has 0 aromatic heterocycles. The Labute approximate surface area is 171 Å². The Kier molecular flexibility index (Phi) is 6.72. The summed E-state index contributed by atoms with van der Waals surface area (Å²) in [5, 5.41) is 0. The van der Waals surface area contributed by atoms with Crippen molar-refractivity contribution in [2.24, 2.45) is 9.81 Å². The topological polar surface area (TPSA) is 53.9 Å². The van der Waals surface area contributed by atoms with E-state index in [2.05, 4.69) is 6.07 Å². The number of fused-ring (bicyclic) bond motifs is 1. The molecule has 1 fully saturated rings. The molecule has 1 unspecified atom stereocenters. The number of benzene rings is 1. The maximum absolute atomic E-state index is 12.9. The van der Waals surface area contributed by atoms with Crippen molar-refractivity contribution in [3.05, 3.63) is 29.3 Å². The Balaban J connectivity index is 1.95. The minimum Gasteiger partial charge on any atom is -0.591 e. The summed E-state index contributed by atoms with van der Waals surface area (Å²) < 4.78 is 40.9. The normalized spacial score (nSPS) is 27.2. The van der Waals surface area contributed by atoms with Crippen LogP contribution in [0.15, 0.2) is 22.6 Å². The number of methoxy groups -OCH3 is 1. The molecule has 0 bridgehead atoms. The lowest BCUT2D eigenvalue weighted by Crippen LogP contribution is -2.37. The molecule has 2 aliphatic carbocycles. The van der Waals surface area contributed by atoms with Crippen LogP contribution >= 0.6 is 0 Å². The molecule has 0 saturated heterocycles. The molecule has 3 rings (SSSR count). The fourth-order valence-corrected chi connectivity index (χ4v) is 4.89. The molecule has 0 radical (unpaired) electrons. The minimum atomic E-state index is -1.32. The molecular weight excluding hydrogens is 377 g/mol. The van der Waals surface area contributed by atoms with Gasteiger partial charge in [0.25, 0.3) is 0 Å². The van der Waals surface area contributed by atoms with Crippen LogP contribution in [0.2, 0.25) is 0 Å². The second-order valence-electron chi connectivity index (χ2n) is 8.90. The molecule has 1 aromatic carbocycles. The summed E-state index contributed by atoms with van der Waals surface area (Å²) in [6, 6.07) is 6.05. The van der Waals surface area contributed by atoms with Gasteiger partial charge in [-0.25, -0.2) is 0 Å². The van der Waals surface area contributed by atoms with Gasteiger partial charge in [0.15, 0.2) is 0 Å². The van der Waals surface area contributed by atoms with Crippen LogP contribution in [0, 0.1) is 5.41 Å². The molecule has 0 heterocycles. The minimum absolute atomic E-state index is 0.0736. The van der Waals surface area contributed by atoms with Gasteiger partial charge < -0.3 is 14.0 Å². The first-order chi connectivity index (χ1) is 13.3. The number of hydrogen-bond acceptors (Lipinski definition) is 4. The van der Waals surface area contributed by atoms with Gasteiger partial charge in [0.05, 0.1) is 19.4 Å². The van der Waals surface area contributed by atoms with Gasteiger partial charge in [-0.3, -0.25) is 4.39 Å². The molecule has 0 aliphatic heterocycles. The standard InChI is InChI=1S/C22H32FNO3S/c1-21(2,3)28(25)24-20-19-14-18(27-13-5-12-23)7-6-16(19)15-22(20)10-8-17(26-4)9-11-22/h6-7,14,17H,5,8-13,15H2,1-4H3. The van der Waals surface area contributed by atoms with Gasteiger partial charge in [0, 0.05) is 24.5 Å². The lowest BCUT2D eigenvalue weighted by molar-refractivity contribution is 0.0468. The smallest absolute Gasteiger partial charge is 0.144 e. The van der Waals surface area contributed by atoms with Crippen molar-refractivity contribution in [1.82, 2.24) is 0 Å². The molecule has 1 atom stereocenters. The quantitative estimate of drug-likeness (QED) is 0.501. The van der Waals surface area contributed by atoms with Crippen LogP contribution in [0.1, 0.15) is 64.0 Å². The summed E-state index contributed by atoms with van der Waals surface area (Å²) in [5.41, 5.74) is 3.17. The first-order valence-electron chi connectivity index (χ1n) is 10.1. The highest BCUT2D eigenvalue weighted by Gasteiger charge is 2.47. The monoisotopic (exact) mass is 409 g/mol. The van der Waals surface area contributed by atoms with Gasteiger partial charge in [0.1, 0.15) is 27.6 Å². The Morgan fingerprint density at radius 2 is 2.00 bits per heavy atom. The van der Waals surface area contributed by atoms with Crippen LogP contribution in [0.3, 0.4) is 0 Å². The number of hydrogen-bond donors (Lipinski definition) is 0. The number of ether oxygens (including phenoxy) is 2.